The molecular formula is C37H29N3O7. The molecular weight excluding hydrogens is 598 g/mol. The Bertz CT molecular complexity index is 2010. The molecule has 2 fully saturated rings. The number of imide groups is 1. The van der Waals surface area contributed by atoms with Crippen LogP contribution in [0.3, 0.4) is 0 Å². The van der Waals surface area contributed by atoms with Gasteiger partial charge in [-0.3, -0.25) is 34.7 Å². The molecule has 2 saturated heterocycles. The minimum absolute atomic E-state index is 0.00414. The average Bonchev–Trinajstić information content (AvgIpc) is 3.55. The highest BCUT2D eigenvalue weighted by Gasteiger charge is 2.68. The minimum atomic E-state index is -1.87. The fourth-order valence-corrected chi connectivity index (χ4v) is 6.97. The van der Waals surface area contributed by atoms with Gasteiger partial charge in [0.25, 0.3) is 5.69 Å². The van der Waals surface area contributed by atoms with Crippen molar-refractivity contribution in [2.24, 2.45) is 11.8 Å². The van der Waals surface area contributed by atoms with Crippen molar-refractivity contribution in [3.05, 3.63) is 148 Å². The fourth-order valence-electron chi connectivity index (χ4n) is 6.97. The number of nitro groups is 1. The summed E-state index contributed by atoms with van der Waals surface area (Å²) in [5.41, 5.74) is -0.137. The van der Waals surface area contributed by atoms with Crippen LogP contribution in [0.4, 0.5) is 5.69 Å². The first-order chi connectivity index (χ1) is 22.7. The van der Waals surface area contributed by atoms with Crippen molar-refractivity contribution in [1.29, 1.82) is 0 Å². The lowest BCUT2D eigenvalue weighted by Crippen LogP contribution is -2.57. The molecule has 2 aliphatic heterocycles. The Balaban J connectivity index is 1.27. The van der Waals surface area contributed by atoms with Crippen LogP contribution in [0.1, 0.15) is 22.7 Å². The molecule has 0 bridgehead atoms. The number of benzene rings is 5. The summed E-state index contributed by atoms with van der Waals surface area (Å²) in [6.45, 7) is -0.00414. The molecule has 2 aliphatic rings. The molecule has 0 aliphatic carbocycles. The second-order valence-corrected chi connectivity index (χ2v) is 11.9. The number of carbonyl (C=O) groups excluding carboxylic acids is 2. The molecule has 10 heteroatoms. The van der Waals surface area contributed by atoms with E-state index < -0.39 is 46.1 Å². The number of hydrogen-bond donors (Lipinski definition) is 2. The highest BCUT2D eigenvalue weighted by atomic mass is 16.6. The lowest BCUT2D eigenvalue weighted by Gasteiger charge is -2.31. The van der Waals surface area contributed by atoms with Crippen LogP contribution in [0.2, 0.25) is 0 Å². The number of non-ortho nitro benzene ring substituents is 1. The number of likely N-dealkylation sites (tertiary alicyclic amines) is 1. The van der Waals surface area contributed by atoms with E-state index in [-0.39, 0.29) is 18.7 Å². The summed E-state index contributed by atoms with van der Waals surface area (Å²) in [5.74, 6) is -3.36. The largest absolute Gasteiger partial charge is 0.480 e. The van der Waals surface area contributed by atoms with Crippen molar-refractivity contribution in [1.82, 2.24) is 10.2 Å². The zero-order valence-electron chi connectivity index (χ0n) is 25.0. The molecule has 5 aromatic rings. The first-order valence-electron chi connectivity index (χ1n) is 15.1. The fraction of sp³-hybridized carbons (Fsp3) is 0.162. The Labute approximate surface area is 269 Å². The number of hydrogen-bond acceptors (Lipinski definition) is 7. The summed E-state index contributed by atoms with van der Waals surface area (Å²) in [6.07, 6.45) is -0.172. The number of fused-ring (bicyclic) bond motifs is 2. The smallest absolute Gasteiger partial charge is 0.325 e. The monoisotopic (exact) mass is 627 g/mol. The van der Waals surface area contributed by atoms with Gasteiger partial charge in [-0.1, -0.05) is 84.9 Å². The summed E-state index contributed by atoms with van der Waals surface area (Å²) >= 11 is 0. The van der Waals surface area contributed by atoms with E-state index in [1.807, 2.05) is 72.8 Å². The normalized spacial score (nSPS) is 22.0. The maximum atomic E-state index is 14.3. The number of aliphatic carboxylic acids is 1. The second-order valence-electron chi connectivity index (χ2n) is 11.9. The number of carbonyl (C=O) groups is 3. The number of nitrogens with zero attached hydrogens (tertiary/aromatic N) is 2. The van der Waals surface area contributed by atoms with E-state index >= 15 is 0 Å². The molecule has 10 nitrogen and oxygen atoms in total. The van der Waals surface area contributed by atoms with Gasteiger partial charge in [-0.05, 0) is 51.7 Å². The van der Waals surface area contributed by atoms with Gasteiger partial charge in [0.15, 0.2) is 0 Å². The van der Waals surface area contributed by atoms with Crippen molar-refractivity contribution < 1.29 is 29.2 Å². The van der Waals surface area contributed by atoms with Gasteiger partial charge < -0.3 is 9.84 Å². The first kappa shape index (κ1) is 29.8. The molecule has 0 aromatic heterocycles. The Kier molecular flexibility index (Phi) is 7.49. The molecule has 4 unspecified atom stereocenters. The summed E-state index contributed by atoms with van der Waals surface area (Å²) in [4.78, 5) is 53.8. The van der Waals surface area contributed by atoms with E-state index in [0.717, 1.165) is 16.3 Å². The molecule has 2 amide bonds. The van der Waals surface area contributed by atoms with Crippen LogP contribution in [0, 0.1) is 22.0 Å². The van der Waals surface area contributed by atoms with Crippen molar-refractivity contribution >= 4 is 34.2 Å². The maximum Gasteiger partial charge on any atom is 0.325 e. The van der Waals surface area contributed by atoms with Gasteiger partial charge in [0, 0.05) is 24.6 Å². The van der Waals surface area contributed by atoms with Crippen molar-refractivity contribution in [2.75, 3.05) is 0 Å². The zero-order valence-corrected chi connectivity index (χ0v) is 25.0. The molecule has 7 rings (SSSR count). The van der Waals surface area contributed by atoms with Crippen LogP contribution in [-0.2, 0) is 27.3 Å². The van der Waals surface area contributed by atoms with Gasteiger partial charge in [-0.25, -0.2) is 0 Å². The number of ether oxygens (including phenoxy) is 1. The van der Waals surface area contributed by atoms with E-state index in [1.54, 1.807) is 24.3 Å². The van der Waals surface area contributed by atoms with Gasteiger partial charge in [-0.2, -0.15) is 0 Å². The Morgan fingerprint density at radius 2 is 1.49 bits per heavy atom. The molecule has 47 heavy (non-hydrogen) atoms. The molecule has 4 atom stereocenters. The number of rotatable bonds is 9. The molecule has 0 saturated carbocycles. The standard InChI is InChI=1S/C37H29N3O7/c41-34-31-32(35(42)39(34)22-26-9-6-8-24-7-4-5-12-30(24)26)37(36(43)44,21-23-13-17-27(18-14-23)40(45)46)38-33(31)25-15-19-29(20-16-25)47-28-10-2-1-3-11-28/h1-20,31-33,38H,21-22H2,(H,43,44). The van der Waals surface area contributed by atoms with Crippen LogP contribution >= 0.6 is 0 Å². The number of amides is 2. The third-order valence-electron chi connectivity index (χ3n) is 9.18. The van der Waals surface area contributed by atoms with Crippen LogP contribution in [-0.4, -0.2) is 38.3 Å². The van der Waals surface area contributed by atoms with Gasteiger partial charge in [0.2, 0.25) is 11.8 Å². The van der Waals surface area contributed by atoms with E-state index in [9.17, 15) is 29.6 Å². The highest BCUT2D eigenvalue weighted by molar-refractivity contribution is 6.09. The van der Waals surface area contributed by atoms with E-state index in [0.29, 0.717) is 22.6 Å². The van der Waals surface area contributed by atoms with Crippen LogP contribution in [0.15, 0.2) is 121 Å². The molecule has 2 heterocycles. The van der Waals surface area contributed by atoms with Gasteiger partial charge in [0.05, 0.1) is 23.3 Å². The number of nitro benzene ring substituents is 1. The second kappa shape index (κ2) is 11.8. The topological polar surface area (TPSA) is 139 Å². The van der Waals surface area contributed by atoms with E-state index in [4.69, 9.17) is 4.74 Å². The lowest BCUT2D eigenvalue weighted by molar-refractivity contribution is -0.384. The molecule has 0 spiro atoms. The highest BCUT2D eigenvalue weighted by Crippen LogP contribution is 2.50. The van der Waals surface area contributed by atoms with Gasteiger partial charge in [0.1, 0.15) is 17.0 Å². The Morgan fingerprint density at radius 1 is 0.830 bits per heavy atom. The minimum Gasteiger partial charge on any atom is -0.480 e. The summed E-state index contributed by atoms with van der Waals surface area (Å²) < 4.78 is 5.93. The van der Waals surface area contributed by atoms with Gasteiger partial charge >= 0.3 is 5.97 Å². The van der Waals surface area contributed by atoms with E-state index in [1.165, 1.54) is 29.2 Å². The summed E-state index contributed by atoms with van der Waals surface area (Å²) in [5, 5.41) is 27.2. The number of carboxylic acid groups (broad SMARTS) is 1. The average molecular weight is 628 g/mol. The van der Waals surface area contributed by atoms with Crippen LogP contribution in [0.25, 0.3) is 10.8 Å². The molecule has 2 N–H and O–H groups in total. The Hall–Kier alpha value is -5.87. The van der Waals surface area contributed by atoms with Crippen molar-refractivity contribution in [3.63, 3.8) is 0 Å². The quantitative estimate of drug-likeness (QED) is 0.114. The van der Waals surface area contributed by atoms with Crippen molar-refractivity contribution in [3.8, 4) is 11.5 Å². The number of nitrogens with one attached hydrogen (secondary N) is 1. The van der Waals surface area contributed by atoms with Gasteiger partial charge in [-0.15, -0.1) is 0 Å². The summed E-state index contributed by atoms with van der Waals surface area (Å²) in [7, 11) is 0. The van der Waals surface area contributed by atoms with Crippen LogP contribution in [0.5, 0.6) is 11.5 Å². The third-order valence-corrected chi connectivity index (χ3v) is 9.18. The molecule has 0 radical (unpaired) electrons. The predicted molar refractivity (Wildman–Crippen MR) is 172 cm³/mol. The molecule has 234 valence electrons. The zero-order chi connectivity index (χ0) is 32.7. The third kappa shape index (κ3) is 5.28. The predicted octanol–water partition coefficient (Wildman–Crippen LogP) is 6.05. The first-order valence-corrected chi connectivity index (χ1v) is 15.1. The SMILES string of the molecule is O=C1C2C(c3ccc(Oc4ccccc4)cc3)NC(Cc3ccc([N+](=O)[O-])cc3)(C(=O)O)C2C(=O)N1Cc1cccc2ccccc12. The van der Waals surface area contributed by atoms with Crippen LogP contribution < -0.4 is 10.1 Å². The lowest BCUT2D eigenvalue weighted by atomic mass is 9.76. The number of para-hydroxylation sites is 1. The summed E-state index contributed by atoms with van der Waals surface area (Å²) in [6, 6.07) is 34.4. The van der Waals surface area contributed by atoms with Crippen molar-refractivity contribution in [2.45, 2.75) is 24.5 Å². The van der Waals surface area contributed by atoms with E-state index in [2.05, 4.69) is 5.32 Å². The Morgan fingerprint density at radius 3 is 2.19 bits per heavy atom. The molecule has 5 aromatic carbocycles. The maximum absolute atomic E-state index is 14.3. The number of carboxylic acids is 1.